The number of hydrogen-bond acceptors (Lipinski definition) is 5. The Morgan fingerprint density at radius 1 is 0.935 bits per heavy atom. The minimum absolute atomic E-state index is 0.0900. The molecule has 0 saturated carbocycles. The molecule has 3 unspecified atom stereocenters. The molecule has 5 heteroatoms. The van der Waals surface area contributed by atoms with E-state index in [-0.39, 0.29) is 17.8 Å². The van der Waals surface area contributed by atoms with Gasteiger partial charge in [-0.25, -0.2) is 9.97 Å². The zero-order valence-electron chi connectivity index (χ0n) is 16.9. The summed E-state index contributed by atoms with van der Waals surface area (Å²) in [6, 6.07) is 24.3. The molecule has 1 spiro atoms. The first-order valence-corrected chi connectivity index (χ1v) is 10.6. The lowest BCUT2D eigenvalue weighted by Gasteiger charge is -2.40. The van der Waals surface area contributed by atoms with Crippen LogP contribution in [0.3, 0.4) is 0 Å². The number of hydrogen-bond donors (Lipinski definition) is 0. The number of carbonyl (C=O) groups is 1. The van der Waals surface area contributed by atoms with E-state index in [1.807, 2.05) is 48.5 Å². The quantitative estimate of drug-likeness (QED) is 0.325. The number of aromatic nitrogens is 2. The van der Waals surface area contributed by atoms with Gasteiger partial charge in [-0.15, -0.1) is 0 Å². The maximum absolute atomic E-state index is 13.1. The van der Waals surface area contributed by atoms with Gasteiger partial charge in [0.2, 0.25) is 0 Å². The minimum atomic E-state index is -0.566. The number of ether oxygens (including phenoxy) is 1. The van der Waals surface area contributed by atoms with Crippen molar-refractivity contribution >= 4 is 17.0 Å². The lowest BCUT2D eigenvalue weighted by atomic mass is 9.70. The van der Waals surface area contributed by atoms with Gasteiger partial charge in [-0.05, 0) is 30.8 Å². The summed E-state index contributed by atoms with van der Waals surface area (Å²) in [7, 11) is 2.09. The second-order valence-corrected chi connectivity index (χ2v) is 8.65. The molecule has 0 N–H and O–H groups in total. The van der Waals surface area contributed by atoms with E-state index in [4.69, 9.17) is 14.7 Å². The molecule has 1 aliphatic carbocycles. The number of esters is 1. The van der Waals surface area contributed by atoms with E-state index in [1.54, 1.807) is 0 Å². The van der Waals surface area contributed by atoms with Gasteiger partial charge >= 0.3 is 5.97 Å². The van der Waals surface area contributed by atoms with Crippen LogP contribution in [-0.4, -0.2) is 34.4 Å². The Balaban J connectivity index is 1.62. The van der Waals surface area contributed by atoms with Gasteiger partial charge in [0.1, 0.15) is 5.75 Å². The molecule has 0 amide bonds. The van der Waals surface area contributed by atoms with E-state index < -0.39 is 5.54 Å². The van der Waals surface area contributed by atoms with Crippen LogP contribution in [0.15, 0.2) is 72.8 Å². The van der Waals surface area contributed by atoms with Crippen molar-refractivity contribution in [3.63, 3.8) is 0 Å². The van der Waals surface area contributed by atoms with Gasteiger partial charge in [-0.1, -0.05) is 54.6 Å². The van der Waals surface area contributed by atoms with E-state index in [9.17, 15) is 4.79 Å². The van der Waals surface area contributed by atoms with E-state index in [0.717, 1.165) is 33.5 Å². The highest BCUT2D eigenvalue weighted by atomic mass is 16.5. The third-order valence-corrected chi connectivity index (χ3v) is 7.22. The van der Waals surface area contributed by atoms with Gasteiger partial charge < -0.3 is 4.74 Å². The third kappa shape index (κ3) is 1.97. The zero-order valence-corrected chi connectivity index (χ0v) is 16.9. The fourth-order valence-electron chi connectivity index (χ4n) is 6.04. The van der Waals surface area contributed by atoms with E-state index >= 15 is 0 Å². The normalized spacial score (nSPS) is 25.8. The number of para-hydroxylation sites is 3. The fourth-order valence-corrected chi connectivity index (χ4v) is 6.04. The van der Waals surface area contributed by atoms with Crippen LogP contribution in [-0.2, 0) is 10.3 Å². The fraction of sp³-hybridized carbons (Fsp3) is 0.192. The van der Waals surface area contributed by atoms with Crippen LogP contribution >= 0.6 is 0 Å². The average Bonchev–Trinajstić information content (AvgIpc) is 3.27. The maximum Gasteiger partial charge on any atom is 0.316 e. The van der Waals surface area contributed by atoms with Gasteiger partial charge in [0.15, 0.2) is 0 Å². The highest BCUT2D eigenvalue weighted by molar-refractivity contribution is 5.87. The highest BCUT2D eigenvalue weighted by Gasteiger charge is 2.64. The molecule has 5 nitrogen and oxygen atoms in total. The van der Waals surface area contributed by atoms with Crippen LogP contribution in [0.1, 0.15) is 22.7 Å². The molecule has 3 aliphatic rings. The van der Waals surface area contributed by atoms with Crippen molar-refractivity contribution in [1.29, 1.82) is 0 Å². The smallest absolute Gasteiger partial charge is 0.316 e. The Kier molecular flexibility index (Phi) is 3.19. The van der Waals surface area contributed by atoms with Crippen molar-refractivity contribution in [2.24, 2.45) is 5.92 Å². The topological polar surface area (TPSA) is 55.3 Å². The first kappa shape index (κ1) is 17.1. The van der Waals surface area contributed by atoms with Crippen molar-refractivity contribution in [2.45, 2.75) is 11.5 Å². The minimum Gasteiger partial charge on any atom is -0.426 e. The van der Waals surface area contributed by atoms with Gasteiger partial charge in [0.25, 0.3) is 0 Å². The molecule has 0 bridgehead atoms. The Morgan fingerprint density at radius 2 is 1.65 bits per heavy atom. The van der Waals surface area contributed by atoms with E-state index in [2.05, 4.69) is 36.2 Å². The Labute approximate surface area is 179 Å². The molecule has 4 aromatic rings. The summed E-state index contributed by atoms with van der Waals surface area (Å²) in [4.78, 5) is 25.6. The molecule has 1 aromatic heterocycles. The van der Waals surface area contributed by atoms with Crippen LogP contribution in [0.5, 0.6) is 5.75 Å². The molecule has 31 heavy (non-hydrogen) atoms. The Bertz CT molecular complexity index is 1410. The Morgan fingerprint density at radius 3 is 2.52 bits per heavy atom. The van der Waals surface area contributed by atoms with Crippen LogP contribution in [0.25, 0.3) is 22.3 Å². The number of benzene rings is 3. The summed E-state index contributed by atoms with van der Waals surface area (Å²) < 4.78 is 5.74. The number of carbonyl (C=O) groups excluding carboxylic acids is 1. The SMILES string of the molecule is CN1CC2C(=O)Oc3ccccc3C2C12c1ccccc1-c1nc3ccccc3nc12. The molecule has 0 radical (unpaired) electrons. The average molecular weight is 405 g/mol. The predicted octanol–water partition coefficient (Wildman–Crippen LogP) is 4.12. The number of rotatable bonds is 0. The van der Waals surface area contributed by atoms with E-state index in [0.29, 0.717) is 12.3 Å². The molecule has 1 fully saturated rings. The predicted molar refractivity (Wildman–Crippen MR) is 117 cm³/mol. The van der Waals surface area contributed by atoms with Gasteiger partial charge in [0.05, 0.1) is 33.9 Å². The van der Waals surface area contributed by atoms with Crippen molar-refractivity contribution in [1.82, 2.24) is 14.9 Å². The van der Waals surface area contributed by atoms with Crippen molar-refractivity contribution < 1.29 is 9.53 Å². The summed E-state index contributed by atoms with van der Waals surface area (Å²) in [6.07, 6.45) is 0. The summed E-state index contributed by atoms with van der Waals surface area (Å²) in [6.45, 7) is 0.611. The lowest BCUT2D eigenvalue weighted by molar-refractivity contribution is -0.140. The van der Waals surface area contributed by atoms with Crippen molar-refractivity contribution in [2.75, 3.05) is 13.6 Å². The molecule has 3 aromatic carbocycles. The second kappa shape index (κ2) is 5.77. The first-order valence-electron chi connectivity index (χ1n) is 10.6. The Hall–Kier alpha value is -3.57. The molecule has 3 atom stereocenters. The van der Waals surface area contributed by atoms with Crippen molar-refractivity contribution in [3.8, 4) is 17.0 Å². The maximum atomic E-state index is 13.1. The molecular formula is C26H19N3O2. The van der Waals surface area contributed by atoms with Crippen LogP contribution in [0, 0.1) is 5.92 Å². The number of likely N-dealkylation sites (tertiary alicyclic amines) is 1. The standard InChI is InChI=1S/C26H19N3O2/c1-29-14-17-22(16-9-3-7-13-21(16)31-25(17)30)26(29)18-10-4-2-8-15(18)23-24(26)28-20-12-6-5-11-19(20)27-23/h2-13,17,22H,14H2,1H3. The monoisotopic (exact) mass is 405 g/mol. The summed E-state index contributed by atoms with van der Waals surface area (Å²) in [5.41, 5.74) is 6.37. The van der Waals surface area contributed by atoms with Gasteiger partial charge in [-0.3, -0.25) is 9.69 Å². The van der Waals surface area contributed by atoms with Gasteiger partial charge in [0, 0.05) is 23.6 Å². The highest BCUT2D eigenvalue weighted by Crippen LogP contribution is 2.63. The molecule has 1 saturated heterocycles. The summed E-state index contributed by atoms with van der Waals surface area (Å²) in [5.74, 6) is 0.148. The van der Waals surface area contributed by atoms with Crippen LogP contribution in [0.4, 0.5) is 0 Å². The van der Waals surface area contributed by atoms with Crippen LogP contribution in [0.2, 0.25) is 0 Å². The zero-order chi connectivity index (χ0) is 20.7. The number of likely N-dealkylation sites (N-methyl/N-ethyl adjacent to an activating group) is 1. The molecule has 2 aliphatic heterocycles. The van der Waals surface area contributed by atoms with Gasteiger partial charge in [-0.2, -0.15) is 0 Å². The molecular weight excluding hydrogens is 386 g/mol. The number of nitrogens with zero attached hydrogens (tertiary/aromatic N) is 3. The number of fused-ring (bicyclic) bond motifs is 10. The van der Waals surface area contributed by atoms with Crippen LogP contribution < -0.4 is 4.74 Å². The van der Waals surface area contributed by atoms with Crippen molar-refractivity contribution in [3.05, 3.63) is 89.6 Å². The molecule has 3 heterocycles. The van der Waals surface area contributed by atoms with E-state index in [1.165, 1.54) is 5.56 Å². The second-order valence-electron chi connectivity index (χ2n) is 8.65. The molecule has 7 rings (SSSR count). The molecule has 150 valence electrons. The first-order chi connectivity index (χ1) is 15.2. The lowest BCUT2D eigenvalue weighted by Crippen LogP contribution is -2.44. The summed E-state index contributed by atoms with van der Waals surface area (Å²) in [5, 5.41) is 0. The third-order valence-electron chi connectivity index (χ3n) is 7.22. The largest absolute Gasteiger partial charge is 0.426 e. The summed E-state index contributed by atoms with van der Waals surface area (Å²) >= 11 is 0.